The SMILES string of the molecule is Fc1ccc(OP2(Oc3ccc(F)cc3)=NP(Oc3cccc(C(F)(F)F)c3)N(Oc3cccc(C(F)(F)F)c3)P(Oc3cccc(C(F)(F)F)c3)N2Oc2cccc(C(F)(F)F)c2)cc1. The van der Waals surface area contributed by atoms with Gasteiger partial charge in [0.1, 0.15) is 46.1 Å². The van der Waals surface area contributed by atoms with E-state index in [1.165, 1.54) is 0 Å². The van der Waals surface area contributed by atoms with E-state index in [4.69, 9.17) is 27.8 Å². The van der Waals surface area contributed by atoms with Crippen molar-refractivity contribution in [3.8, 4) is 34.5 Å². The highest BCUT2D eigenvalue weighted by molar-refractivity contribution is 7.78. The summed E-state index contributed by atoms with van der Waals surface area (Å²) < 4.78 is 228. The van der Waals surface area contributed by atoms with E-state index in [1.807, 2.05) is 0 Å². The zero-order valence-corrected chi connectivity index (χ0v) is 35.0. The van der Waals surface area contributed by atoms with Crippen LogP contribution >= 0.6 is 24.6 Å². The topological polar surface area (TPSA) is 74.2 Å². The average molecular weight is 1000 g/mol. The van der Waals surface area contributed by atoms with E-state index in [0.29, 0.717) is 57.7 Å². The Morgan fingerprint density at radius 1 is 0.409 bits per heavy atom. The highest BCUT2D eigenvalue weighted by Crippen LogP contribution is 2.78. The van der Waals surface area contributed by atoms with Crippen molar-refractivity contribution in [2.75, 3.05) is 0 Å². The predicted molar refractivity (Wildman–Crippen MR) is 209 cm³/mol. The fraction of sp³-hybridized carbons (Fsp3) is 0.100. The number of halogens is 14. The minimum absolute atomic E-state index is 0.386. The molecule has 66 heavy (non-hydrogen) atoms. The summed E-state index contributed by atoms with van der Waals surface area (Å²) in [5, 5.41) is 0. The van der Waals surface area contributed by atoms with Crippen LogP contribution in [0.2, 0.25) is 0 Å². The minimum atomic E-state index is -5.08. The van der Waals surface area contributed by atoms with E-state index in [1.54, 1.807) is 0 Å². The predicted octanol–water partition coefficient (Wildman–Crippen LogP) is 15.7. The van der Waals surface area contributed by atoms with Crippen LogP contribution in [0.3, 0.4) is 0 Å². The highest BCUT2D eigenvalue weighted by Gasteiger charge is 2.58. The maximum atomic E-state index is 14.3. The van der Waals surface area contributed by atoms with E-state index in [2.05, 4.69) is 4.52 Å². The maximum absolute atomic E-state index is 14.3. The van der Waals surface area contributed by atoms with Gasteiger partial charge in [0.15, 0.2) is 0 Å². The van der Waals surface area contributed by atoms with Crippen LogP contribution in [-0.2, 0) is 24.7 Å². The lowest BCUT2D eigenvalue weighted by molar-refractivity contribution is -0.138. The van der Waals surface area contributed by atoms with Crippen molar-refractivity contribution in [3.05, 3.63) is 179 Å². The highest BCUT2D eigenvalue weighted by atomic mass is 31.3. The summed E-state index contributed by atoms with van der Waals surface area (Å²) in [6.45, 7) is 0. The van der Waals surface area contributed by atoms with Crippen molar-refractivity contribution in [1.29, 1.82) is 0 Å². The first kappa shape index (κ1) is 48.1. The molecule has 6 aromatic rings. The first-order chi connectivity index (χ1) is 30.9. The first-order valence-corrected chi connectivity index (χ1v) is 22.0. The summed E-state index contributed by atoms with van der Waals surface area (Å²) in [5.74, 6) is -5.32. The second-order valence-electron chi connectivity index (χ2n) is 13.1. The van der Waals surface area contributed by atoms with Crippen LogP contribution in [0.5, 0.6) is 34.5 Å². The summed E-state index contributed by atoms with van der Waals surface area (Å²) in [7, 11) is -12.0. The molecule has 1 aliphatic rings. The third kappa shape index (κ3) is 11.7. The van der Waals surface area contributed by atoms with Crippen LogP contribution in [0, 0.1) is 11.6 Å². The van der Waals surface area contributed by atoms with Crippen molar-refractivity contribution in [1.82, 2.24) is 9.21 Å². The van der Waals surface area contributed by atoms with Crippen LogP contribution in [0.1, 0.15) is 22.3 Å². The van der Waals surface area contributed by atoms with Crippen molar-refractivity contribution in [2.24, 2.45) is 4.52 Å². The Bertz CT molecular complexity index is 2660. The van der Waals surface area contributed by atoms with Gasteiger partial charge in [0.25, 0.3) is 0 Å². The van der Waals surface area contributed by atoms with E-state index < -0.39 is 106 Å². The van der Waals surface area contributed by atoms with Crippen molar-refractivity contribution in [2.45, 2.75) is 24.7 Å². The van der Waals surface area contributed by atoms with Gasteiger partial charge in [0, 0.05) is 9.21 Å². The summed E-state index contributed by atoms with van der Waals surface area (Å²) in [6, 6.07) is 19.1. The summed E-state index contributed by atoms with van der Waals surface area (Å²) >= 11 is 0. The Labute approximate surface area is 365 Å². The van der Waals surface area contributed by atoms with E-state index in [0.717, 1.165) is 97.1 Å². The molecular formula is C40H24F14N3O6P3. The molecule has 1 aliphatic heterocycles. The van der Waals surface area contributed by atoms with Crippen LogP contribution in [0.15, 0.2) is 150 Å². The van der Waals surface area contributed by atoms with Crippen molar-refractivity contribution >= 4 is 24.6 Å². The molecule has 7 rings (SSSR count). The molecule has 0 N–H and O–H groups in total. The second kappa shape index (κ2) is 18.8. The van der Waals surface area contributed by atoms with Gasteiger partial charge in [-0.25, -0.2) is 8.78 Å². The lowest BCUT2D eigenvalue weighted by atomic mass is 10.2. The third-order valence-corrected chi connectivity index (χ3v) is 15.2. The molecule has 1 heterocycles. The molecule has 26 heteroatoms. The summed E-state index contributed by atoms with van der Waals surface area (Å²) in [5.41, 5.74) is -5.27. The Hall–Kier alpha value is -5.85. The van der Waals surface area contributed by atoms with Gasteiger partial charge in [-0.05, 0) is 121 Å². The van der Waals surface area contributed by atoms with Crippen LogP contribution in [0.4, 0.5) is 61.5 Å². The number of alkyl halides is 12. The molecule has 2 unspecified atom stereocenters. The number of rotatable bonds is 12. The van der Waals surface area contributed by atoms with Gasteiger partial charge in [0.05, 0.1) is 22.3 Å². The summed E-state index contributed by atoms with van der Waals surface area (Å²) in [4.78, 5) is 12.0. The second-order valence-corrected chi connectivity index (χ2v) is 18.7. The average Bonchev–Trinajstić information content (AvgIpc) is 3.24. The van der Waals surface area contributed by atoms with Crippen LogP contribution in [0.25, 0.3) is 0 Å². The normalized spacial score (nSPS) is 17.1. The molecule has 0 fully saturated rings. The summed E-state index contributed by atoms with van der Waals surface area (Å²) in [6.07, 6.45) is -20.1. The van der Waals surface area contributed by atoms with Crippen molar-refractivity contribution in [3.63, 3.8) is 0 Å². The molecule has 0 radical (unpaired) electrons. The zero-order valence-electron chi connectivity index (χ0n) is 32.3. The molecular weight excluding hydrogens is 977 g/mol. The monoisotopic (exact) mass is 1000 g/mol. The fourth-order valence-corrected chi connectivity index (χ4v) is 12.8. The Kier molecular flexibility index (Phi) is 13.7. The van der Waals surface area contributed by atoms with Gasteiger partial charge in [-0.3, -0.25) is 0 Å². The number of benzene rings is 6. The third-order valence-electron chi connectivity index (χ3n) is 8.31. The molecule has 0 aromatic heterocycles. The Balaban J connectivity index is 1.55. The van der Waals surface area contributed by atoms with Gasteiger partial charge in [0.2, 0.25) is 0 Å². The molecule has 2 atom stereocenters. The maximum Gasteiger partial charge on any atom is 0.447 e. The zero-order chi connectivity index (χ0) is 47.7. The van der Waals surface area contributed by atoms with E-state index in [9.17, 15) is 61.5 Å². The minimum Gasteiger partial charge on any atom is -0.440 e. The molecule has 0 saturated heterocycles. The van der Waals surface area contributed by atoms with Crippen LogP contribution < -0.4 is 27.8 Å². The molecule has 0 spiro atoms. The molecule has 0 aliphatic carbocycles. The number of nitrogens with zero attached hydrogens (tertiary/aromatic N) is 3. The first-order valence-electron chi connectivity index (χ1n) is 18.1. The number of hydrogen-bond acceptors (Lipinski definition) is 9. The van der Waals surface area contributed by atoms with E-state index in [-0.39, 0.29) is 11.5 Å². The standard InChI is InChI=1S/C40H24F14N3O6P3/c41-29-13-17-31(18-14-29)62-66(63-32-19-15-30(42)16-20-32)55-64(60-35-11-3-7-27(23-35)39(49,50)51)56(58-33-9-1-5-25(21-33)37(43,44)45)65(61-36-12-4-8-28(24-36)40(52,53)54)57(66)59-34-10-2-6-26(22-34)38(46,47)48/h1-24H. The molecule has 9 nitrogen and oxygen atoms in total. The molecule has 0 bridgehead atoms. The molecule has 0 amide bonds. The van der Waals surface area contributed by atoms with Gasteiger partial charge < -0.3 is 27.8 Å². The largest absolute Gasteiger partial charge is 0.447 e. The number of hydrogen-bond donors (Lipinski definition) is 0. The van der Waals surface area contributed by atoms with Gasteiger partial charge in [-0.1, -0.05) is 24.3 Å². The quantitative estimate of drug-likeness (QED) is 0.0887. The Morgan fingerprint density at radius 2 is 0.758 bits per heavy atom. The molecule has 348 valence electrons. The van der Waals surface area contributed by atoms with E-state index >= 15 is 0 Å². The van der Waals surface area contributed by atoms with Gasteiger partial charge in [-0.15, -0.1) is 4.52 Å². The molecule has 6 aromatic carbocycles. The lowest BCUT2D eigenvalue weighted by Crippen LogP contribution is -2.37. The van der Waals surface area contributed by atoms with Gasteiger partial charge in [-0.2, -0.15) is 52.7 Å². The fourth-order valence-electron chi connectivity index (χ4n) is 5.36. The van der Waals surface area contributed by atoms with Crippen LogP contribution in [-0.4, -0.2) is 9.21 Å². The lowest BCUT2D eigenvalue weighted by Gasteiger charge is -2.43. The smallest absolute Gasteiger partial charge is 0.440 e. The van der Waals surface area contributed by atoms with Gasteiger partial charge >= 0.3 is 49.3 Å². The molecule has 0 saturated carbocycles. The Morgan fingerprint density at radius 3 is 1.15 bits per heavy atom. The van der Waals surface area contributed by atoms with Crippen molar-refractivity contribution < 1.29 is 89.2 Å².